The minimum Gasteiger partial charge on any atom is -0.324 e. The van der Waals surface area contributed by atoms with Crippen molar-refractivity contribution in [2.24, 2.45) is 12.8 Å². The van der Waals surface area contributed by atoms with Gasteiger partial charge in [-0.3, -0.25) is 4.68 Å². The Morgan fingerprint density at radius 2 is 2.00 bits per heavy atom. The average Bonchev–Trinajstić information content (AvgIpc) is 2.58. The third kappa shape index (κ3) is 2.68. The molecule has 1 heterocycles. The van der Waals surface area contributed by atoms with Crippen molar-refractivity contribution in [2.45, 2.75) is 33.2 Å². The third-order valence-corrected chi connectivity index (χ3v) is 3.69. The number of nitrogens with zero attached hydrogens (tertiary/aromatic N) is 2. The summed E-state index contributed by atoms with van der Waals surface area (Å²) in [4.78, 5) is 0. The highest BCUT2D eigenvalue weighted by Gasteiger charge is 2.18. The van der Waals surface area contributed by atoms with Gasteiger partial charge in [0, 0.05) is 24.3 Å². The van der Waals surface area contributed by atoms with Crippen molar-refractivity contribution in [3.05, 3.63) is 52.1 Å². The molecule has 19 heavy (non-hydrogen) atoms. The second-order valence-corrected chi connectivity index (χ2v) is 5.09. The second kappa shape index (κ2) is 5.13. The van der Waals surface area contributed by atoms with Crippen molar-refractivity contribution in [1.29, 1.82) is 0 Å². The molecule has 0 aliphatic rings. The fourth-order valence-corrected chi connectivity index (χ4v) is 2.53. The minimum absolute atomic E-state index is 0.158. The minimum atomic E-state index is -0.215. The van der Waals surface area contributed by atoms with Crippen LogP contribution in [0.25, 0.3) is 0 Å². The molecule has 0 aliphatic heterocycles. The predicted octanol–water partition coefficient (Wildman–Crippen LogP) is 2.73. The summed E-state index contributed by atoms with van der Waals surface area (Å²) >= 11 is 0. The topological polar surface area (TPSA) is 43.8 Å². The lowest BCUT2D eigenvalue weighted by molar-refractivity contribution is 0.620. The summed E-state index contributed by atoms with van der Waals surface area (Å²) in [6.45, 7) is 5.94. The summed E-state index contributed by atoms with van der Waals surface area (Å²) in [6, 6.07) is 4.68. The van der Waals surface area contributed by atoms with Crippen molar-refractivity contribution >= 4 is 0 Å². The molecule has 1 aromatic heterocycles. The summed E-state index contributed by atoms with van der Waals surface area (Å²) in [5.41, 5.74) is 11.4. The molecule has 0 saturated carbocycles. The van der Waals surface area contributed by atoms with Gasteiger partial charge < -0.3 is 5.73 Å². The van der Waals surface area contributed by atoms with Crippen molar-refractivity contribution < 1.29 is 4.39 Å². The molecule has 0 bridgehead atoms. The van der Waals surface area contributed by atoms with Crippen LogP contribution in [0, 0.1) is 26.6 Å². The zero-order valence-electron chi connectivity index (χ0n) is 11.9. The number of rotatable bonds is 3. The van der Waals surface area contributed by atoms with E-state index in [0.717, 1.165) is 28.1 Å². The Morgan fingerprint density at radius 3 is 2.58 bits per heavy atom. The Kier molecular flexibility index (Phi) is 3.71. The molecule has 2 N–H and O–H groups in total. The molecule has 0 fully saturated rings. The number of aryl methyl sites for hydroxylation is 3. The number of benzene rings is 1. The number of hydrogen-bond acceptors (Lipinski definition) is 2. The maximum Gasteiger partial charge on any atom is 0.123 e. The Labute approximate surface area is 113 Å². The van der Waals surface area contributed by atoms with Crippen LogP contribution in [0.1, 0.15) is 34.1 Å². The highest BCUT2D eigenvalue weighted by molar-refractivity contribution is 5.33. The van der Waals surface area contributed by atoms with Gasteiger partial charge in [-0.05, 0) is 50.5 Å². The molecular formula is C15H20FN3. The van der Waals surface area contributed by atoms with Gasteiger partial charge in [0.25, 0.3) is 0 Å². The Bertz CT molecular complexity index is 602. The van der Waals surface area contributed by atoms with Gasteiger partial charge in [0.15, 0.2) is 0 Å². The fourth-order valence-electron chi connectivity index (χ4n) is 2.53. The van der Waals surface area contributed by atoms with Gasteiger partial charge in [-0.2, -0.15) is 5.10 Å². The molecular weight excluding hydrogens is 241 g/mol. The third-order valence-electron chi connectivity index (χ3n) is 3.69. The van der Waals surface area contributed by atoms with E-state index in [9.17, 15) is 4.39 Å². The Morgan fingerprint density at radius 1 is 1.32 bits per heavy atom. The van der Waals surface area contributed by atoms with E-state index in [2.05, 4.69) is 5.10 Å². The fraction of sp³-hybridized carbons (Fsp3) is 0.400. The molecule has 1 atom stereocenters. The number of hydrogen-bond donors (Lipinski definition) is 1. The number of halogens is 1. The first kappa shape index (κ1) is 13.7. The van der Waals surface area contributed by atoms with Gasteiger partial charge in [-0.15, -0.1) is 0 Å². The molecule has 0 radical (unpaired) electrons. The first-order valence-corrected chi connectivity index (χ1v) is 6.41. The maximum absolute atomic E-state index is 13.3. The standard InChI is InChI=1S/C15H20FN3/c1-9-5-6-13(16)7-12(9)8-14(17)15-10(2)18-19(4)11(15)3/h5-7,14H,8,17H2,1-4H3. The highest BCUT2D eigenvalue weighted by atomic mass is 19.1. The normalized spacial score (nSPS) is 12.7. The number of nitrogens with two attached hydrogens (primary N) is 1. The molecule has 0 aliphatic carbocycles. The van der Waals surface area contributed by atoms with Crippen LogP contribution in [0.5, 0.6) is 0 Å². The van der Waals surface area contributed by atoms with E-state index < -0.39 is 0 Å². The Balaban J connectivity index is 2.30. The van der Waals surface area contributed by atoms with Gasteiger partial charge in [-0.1, -0.05) is 6.07 Å². The highest BCUT2D eigenvalue weighted by Crippen LogP contribution is 2.24. The smallest absolute Gasteiger partial charge is 0.123 e. The quantitative estimate of drug-likeness (QED) is 0.923. The first-order chi connectivity index (χ1) is 8.90. The zero-order chi connectivity index (χ0) is 14.2. The van der Waals surface area contributed by atoms with Crippen LogP contribution < -0.4 is 5.73 Å². The van der Waals surface area contributed by atoms with Crippen molar-refractivity contribution in [2.75, 3.05) is 0 Å². The van der Waals surface area contributed by atoms with E-state index in [-0.39, 0.29) is 11.9 Å². The van der Waals surface area contributed by atoms with Gasteiger partial charge in [-0.25, -0.2) is 4.39 Å². The van der Waals surface area contributed by atoms with E-state index in [0.29, 0.717) is 6.42 Å². The van der Waals surface area contributed by atoms with E-state index in [1.165, 1.54) is 6.07 Å². The van der Waals surface area contributed by atoms with Crippen molar-refractivity contribution in [3.8, 4) is 0 Å². The molecule has 2 rings (SSSR count). The summed E-state index contributed by atoms with van der Waals surface area (Å²) in [5.74, 6) is -0.215. The van der Waals surface area contributed by atoms with Crippen LogP contribution in [-0.2, 0) is 13.5 Å². The van der Waals surface area contributed by atoms with Crippen LogP contribution in [0.3, 0.4) is 0 Å². The van der Waals surface area contributed by atoms with E-state index in [4.69, 9.17) is 5.73 Å². The summed E-state index contributed by atoms with van der Waals surface area (Å²) in [7, 11) is 1.91. The van der Waals surface area contributed by atoms with Crippen LogP contribution >= 0.6 is 0 Å². The summed E-state index contributed by atoms with van der Waals surface area (Å²) in [6.07, 6.45) is 0.622. The number of aromatic nitrogens is 2. The molecule has 0 amide bonds. The second-order valence-electron chi connectivity index (χ2n) is 5.09. The molecule has 1 aromatic carbocycles. The summed E-state index contributed by atoms with van der Waals surface area (Å²) < 4.78 is 15.1. The van der Waals surface area contributed by atoms with E-state index >= 15 is 0 Å². The lowest BCUT2D eigenvalue weighted by atomic mass is 9.95. The van der Waals surface area contributed by atoms with Gasteiger partial charge in [0.1, 0.15) is 5.82 Å². The molecule has 0 saturated heterocycles. The zero-order valence-corrected chi connectivity index (χ0v) is 11.9. The average molecular weight is 261 g/mol. The molecule has 102 valence electrons. The monoisotopic (exact) mass is 261 g/mol. The molecule has 2 aromatic rings. The van der Waals surface area contributed by atoms with Crippen molar-refractivity contribution in [3.63, 3.8) is 0 Å². The lowest BCUT2D eigenvalue weighted by Crippen LogP contribution is -2.16. The van der Waals surface area contributed by atoms with Gasteiger partial charge in [0.2, 0.25) is 0 Å². The first-order valence-electron chi connectivity index (χ1n) is 6.41. The lowest BCUT2D eigenvalue weighted by Gasteiger charge is -2.14. The molecule has 3 nitrogen and oxygen atoms in total. The predicted molar refractivity (Wildman–Crippen MR) is 74.5 cm³/mol. The maximum atomic E-state index is 13.3. The van der Waals surface area contributed by atoms with Crippen molar-refractivity contribution in [1.82, 2.24) is 9.78 Å². The molecule has 4 heteroatoms. The van der Waals surface area contributed by atoms with Gasteiger partial charge in [0.05, 0.1) is 5.69 Å². The largest absolute Gasteiger partial charge is 0.324 e. The van der Waals surface area contributed by atoms with E-state index in [1.807, 2.05) is 32.5 Å². The Hall–Kier alpha value is -1.68. The van der Waals surface area contributed by atoms with Crippen LogP contribution in [-0.4, -0.2) is 9.78 Å². The molecule has 1 unspecified atom stereocenters. The van der Waals surface area contributed by atoms with Crippen LogP contribution in [0.15, 0.2) is 18.2 Å². The van der Waals surface area contributed by atoms with Crippen LogP contribution in [0.2, 0.25) is 0 Å². The SMILES string of the molecule is Cc1ccc(F)cc1CC(N)c1c(C)nn(C)c1C. The summed E-state index contributed by atoms with van der Waals surface area (Å²) in [5, 5.41) is 4.38. The molecule has 0 spiro atoms. The van der Waals surface area contributed by atoms with Gasteiger partial charge >= 0.3 is 0 Å². The van der Waals surface area contributed by atoms with Crippen LogP contribution in [0.4, 0.5) is 4.39 Å². The van der Waals surface area contributed by atoms with E-state index in [1.54, 1.807) is 12.1 Å².